The number of anilines is 2. The highest BCUT2D eigenvalue weighted by atomic mass is 79.9. The summed E-state index contributed by atoms with van der Waals surface area (Å²) in [7, 11) is 0. The van der Waals surface area contributed by atoms with Crippen molar-refractivity contribution >= 4 is 56.2 Å². The van der Waals surface area contributed by atoms with Crippen molar-refractivity contribution in [2.24, 2.45) is 5.73 Å². The van der Waals surface area contributed by atoms with E-state index in [1.165, 1.54) is 6.20 Å². The van der Waals surface area contributed by atoms with Crippen molar-refractivity contribution in [2.45, 2.75) is 0 Å². The van der Waals surface area contributed by atoms with Gasteiger partial charge in [0.25, 0.3) is 0 Å². The molecule has 0 atom stereocenters. The van der Waals surface area contributed by atoms with Crippen molar-refractivity contribution in [3.63, 3.8) is 0 Å². The van der Waals surface area contributed by atoms with Crippen molar-refractivity contribution in [1.82, 2.24) is 9.97 Å². The molecular weight excluding hydrogens is 336 g/mol. The molecule has 0 saturated carbocycles. The van der Waals surface area contributed by atoms with Crippen LogP contribution in [0.25, 0.3) is 0 Å². The van der Waals surface area contributed by atoms with Crippen LogP contribution in [-0.4, -0.2) is 15.0 Å². The standard InChI is InChI=1S/C11H8BrClN4S/c12-6-1-2-8(7(13)3-6)17-10-5-15-9(4-16-10)11(14)18/h1-5H,(H2,14,18)(H,16,17). The van der Waals surface area contributed by atoms with Crippen molar-refractivity contribution in [2.75, 3.05) is 5.32 Å². The van der Waals surface area contributed by atoms with Crippen LogP contribution in [0.4, 0.5) is 11.5 Å². The normalized spacial score (nSPS) is 10.1. The van der Waals surface area contributed by atoms with Crippen LogP contribution in [0.5, 0.6) is 0 Å². The van der Waals surface area contributed by atoms with Gasteiger partial charge in [-0.15, -0.1) is 0 Å². The molecule has 0 unspecified atom stereocenters. The summed E-state index contributed by atoms with van der Waals surface area (Å²) in [5.74, 6) is 0.569. The molecule has 4 nitrogen and oxygen atoms in total. The van der Waals surface area contributed by atoms with Gasteiger partial charge >= 0.3 is 0 Å². The molecule has 0 aliphatic carbocycles. The molecule has 0 aliphatic rings. The molecule has 0 saturated heterocycles. The van der Waals surface area contributed by atoms with Crippen LogP contribution < -0.4 is 11.1 Å². The number of halogens is 2. The zero-order valence-corrected chi connectivity index (χ0v) is 12.2. The first-order valence-corrected chi connectivity index (χ1v) is 6.48. The summed E-state index contributed by atoms with van der Waals surface area (Å²) in [4.78, 5) is 8.44. The number of rotatable bonds is 3. The fourth-order valence-electron chi connectivity index (χ4n) is 1.25. The van der Waals surface area contributed by atoms with Crippen molar-refractivity contribution in [3.05, 3.63) is 45.8 Å². The molecule has 0 aliphatic heterocycles. The number of hydrogen-bond donors (Lipinski definition) is 2. The summed E-state index contributed by atoms with van der Waals surface area (Å²) in [6.45, 7) is 0. The smallest absolute Gasteiger partial charge is 0.148 e. The molecule has 92 valence electrons. The predicted octanol–water partition coefficient (Wildman–Crippen LogP) is 3.27. The van der Waals surface area contributed by atoms with Crippen LogP contribution >= 0.6 is 39.7 Å². The highest BCUT2D eigenvalue weighted by molar-refractivity contribution is 9.10. The summed E-state index contributed by atoms with van der Waals surface area (Å²) in [5, 5.41) is 3.64. The van der Waals surface area contributed by atoms with Gasteiger partial charge in [-0.2, -0.15) is 0 Å². The van der Waals surface area contributed by atoms with Gasteiger partial charge in [0.05, 0.1) is 23.1 Å². The Kier molecular flexibility index (Phi) is 4.11. The molecule has 0 radical (unpaired) electrons. The lowest BCUT2D eigenvalue weighted by Gasteiger charge is -2.07. The fraction of sp³-hybridized carbons (Fsp3) is 0. The maximum Gasteiger partial charge on any atom is 0.148 e. The zero-order chi connectivity index (χ0) is 13.1. The monoisotopic (exact) mass is 342 g/mol. The maximum atomic E-state index is 6.08. The summed E-state index contributed by atoms with van der Waals surface area (Å²) in [6.07, 6.45) is 3.06. The molecule has 1 heterocycles. The second-order valence-corrected chi connectivity index (χ2v) is 5.16. The number of nitrogens with zero attached hydrogens (tertiary/aromatic N) is 2. The Balaban J connectivity index is 2.21. The zero-order valence-electron chi connectivity index (χ0n) is 9.02. The maximum absolute atomic E-state index is 6.08. The van der Waals surface area contributed by atoms with Gasteiger partial charge in [-0.1, -0.05) is 39.7 Å². The van der Waals surface area contributed by atoms with E-state index in [0.717, 1.165) is 10.2 Å². The van der Waals surface area contributed by atoms with E-state index in [-0.39, 0.29) is 4.99 Å². The van der Waals surface area contributed by atoms with E-state index in [4.69, 9.17) is 29.6 Å². The molecule has 18 heavy (non-hydrogen) atoms. The minimum absolute atomic E-state index is 0.218. The SMILES string of the molecule is NC(=S)c1cnc(Nc2ccc(Br)cc2Cl)cn1. The topological polar surface area (TPSA) is 63.8 Å². The Morgan fingerprint density at radius 2 is 2.11 bits per heavy atom. The van der Waals surface area contributed by atoms with Gasteiger partial charge in [0.1, 0.15) is 16.5 Å². The minimum Gasteiger partial charge on any atom is -0.388 e. The average Bonchev–Trinajstić information content (AvgIpc) is 2.33. The third-order valence-electron chi connectivity index (χ3n) is 2.10. The lowest BCUT2D eigenvalue weighted by atomic mass is 10.3. The highest BCUT2D eigenvalue weighted by Gasteiger charge is 2.04. The summed E-state index contributed by atoms with van der Waals surface area (Å²) in [6, 6.07) is 5.52. The third-order valence-corrected chi connectivity index (χ3v) is 3.11. The molecule has 0 spiro atoms. The molecular formula is C11H8BrClN4S. The largest absolute Gasteiger partial charge is 0.388 e. The lowest BCUT2D eigenvalue weighted by molar-refractivity contribution is 1.18. The predicted molar refractivity (Wildman–Crippen MR) is 80.4 cm³/mol. The quantitative estimate of drug-likeness (QED) is 0.837. The third kappa shape index (κ3) is 3.16. The summed E-state index contributed by atoms with van der Waals surface area (Å²) >= 11 is 14.2. The lowest BCUT2D eigenvalue weighted by Crippen LogP contribution is -2.12. The van der Waals surface area contributed by atoms with Gasteiger partial charge < -0.3 is 11.1 Å². The van der Waals surface area contributed by atoms with E-state index in [1.54, 1.807) is 12.3 Å². The van der Waals surface area contributed by atoms with E-state index in [1.807, 2.05) is 12.1 Å². The van der Waals surface area contributed by atoms with Crippen molar-refractivity contribution in [1.29, 1.82) is 0 Å². The molecule has 2 aromatic rings. The van der Waals surface area contributed by atoms with Gasteiger partial charge in [-0.25, -0.2) is 9.97 Å². The first-order valence-electron chi connectivity index (χ1n) is 4.90. The van der Waals surface area contributed by atoms with E-state index in [9.17, 15) is 0 Å². The van der Waals surface area contributed by atoms with Gasteiger partial charge in [-0.05, 0) is 18.2 Å². The molecule has 0 amide bonds. The average molecular weight is 344 g/mol. The first-order chi connectivity index (χ1) is 8.56. The number of hydrogen-bond acceptors (Lipinski definition) is 4. The van der Waals surface area contributed by atoms with Gasteiger partial charge in [0.2, 0.25) is 0 Å². The van der Waals surface area contributed by atoms with Crippen LogP contribution in [0, 0.1) is 0 Å². The molecule has 0 fully saturated rings. The van der Waals surface area contributed by atoms with Crippen LogP contribution in [-0.2, 0) is 0 Å². The number of nitrogens with one attached hydrogen (secondary N) is 1. The van der Waals surface area contributed by atoms with Crippen LogP contribution in [0.15, 0.2) is 35.1 Å². The number of benzene rings is 1. The summed E-state index contributed by atoms with van der Waals surface area (Å²) in [5.41, 5.74) is 6.67. The second kappa shape index (κ2) is 5.60. The Labute approximate surface area is 123 Å². The first kappa shape index (κ1) is 13.2. The Bertz CT molecular complexity index is 588. The number of aromatic nitrogens is 2. The second-order valence-electron chi connectivity index (χ2n) is 3.40. The van der Waals surface area contributed by atoms with Gasteiger partial charge in [0.15, 0.2) is 0 Å². The number of thiocarbonyl (C=S) groups is 1. The van der Waals surface area contributed by atoms with Gasteiger partial charge in [-0.3, -0.25) is 0 Å². The van der Waals surface area contributed by atoms with Crippen LogP contribution in [0.2, 0.25) is 5.02 Å². The Morgan fingerprint density at radius 3 is 2.67 bits per heavy atom. The molecule has 3 N–H and O–H groups in total. The van der Waals surface area contributed by atoms with E-state index < -0.39 is 0 Å². The van der Waals surface area contributed by atoms with Crippen LogP contribution in [0.1, 0.15) is 5.69 Å². The molecule has 2 rings (SSSR count). The number of nitrogens with two attached hydrogens (primary N) is 1. The molecule has 0 bridgehead atoms. The van der Waals surface area contributed by atoms with Crippen molar-refractivity contribution in [3.8, 4) is 0 Å². The van der Waals surface area contributed by atoms with Gasteiger partial charge in [0, 0.05) is 4.47 Å². The molecule has 1 aromatic carbocycles. The summed E-state index contributed by atoms with van der Waals surface area (Å²) < 4.78 is 0.910. The Hall–Kier alpha value is -1.24. The van der Waals surface area contributed by atoms with E-state index >= 15 is 0 Å². The van der Waals surface area contributed by atoms with Crippen molar-refractivity contribution < 1.29 is 0 Å². The van der Waals surface area contributed by atoms with E-state index in [0.29, 0.717) is 16.5 Å². The Morgan fingerprint density at radius 1 is 1.33 bits per heavy atom. The highest BCUT2D eigenvalue weighted by Crippen LogP contribution is 2.27. The minimum atomic E-state index is 0.218. The molecule has 7 heteroatoms. The fourth-order valence-corrected chi connectivity index (χ4v) is 2.07. The molecule has 1 aromatic heterocycles. The van der Waals surface area contributed by atoms with Crippen LogP contribution in [0.3, 0.4) is 0 Å². The van der Waals surface area contributed by atoms with E-state index in [2.05, 4.69) is 31.2 Å².